The molecule has 2 saturated heterocycles. The van der Waals surface area contributed by atoms with Gasteiger partial charge in [0.1, 0.15) is 5.75 Å². The Kier molecular flexibility index (Phi) is 7.85. The van der Waals surface area contributed by atoms with Gasteiger partial charge in [-0.3, -0.25) is 14.5 Å². The first-order chi connectivity index (χ1) is 14.4. The Labute approximate surface area is 183 Å². The highest BCUT2D eigenvalue weighted by molar-refractivity contribution is 6.56. The summed E-state index contributed by atoms with van der Waals surface area (Å²) in [6.07, 6.45) is 1.82. The third kappa shape index (κ3) is 5.80. The number of ether oxygens (including phenoxy) is 2. The average molecular weight is 435 g/mol. The predicted molar refractivity (Wildman–Crippen MR) is 116 cm³/mol. The number of carbonyl (C=O) groups excluding carboxylic acids is 2. The molecule has 0 bridgehead atoms. The molecule has 2 aliphatic rings. The topological polar surface area (TPSA) is 97.1 Å². The van der Waals surface area contributed by atoms with Crippen molar-refractivity contribution in [2.75, 3.05) is 58.7 Å². The Hall–Kier alpha value is -1.97. The first-order valence-corrected chi connectivity index (χ1v) is 10.5. The Morgan fingerprint density at radius 2 is 2.07 bits per heavy atom. The van der Waals surface area contributed by atoms with Gasteiger partial charge in [-0.05, 0) is 24.8 Å². The van der Waals surface area contributed by atoms with Gasteiger partial charge in [0, 0.05) is 45.3 Å². The predicted octanol–water partition coefficient (Wildman–Crippen LogP) is 1.36. The molecule has 10 heteroatoms. The summed E-state index contributed by atoms with van der Waals surface area (Å²) in [5.41, 5.74) is 6.47. The third-order valence-corrected chi connectivity index (χ3v) is 6.05. The van der Waals surface area contributed by atoms with Crippen LogP contribution in [0.2, 0.25) is 5.02 Å². The molecule has 3 N–H and O–H groups in total. The van der Waals surface area contributed by atoms with Gasteiger partial charge < -0.3 is 25.4 Å². The fraction of sp³-hybridized carbons (Fsp3) is 0.600. The number of hydrogen-bond acceptors (Lipinski definition) is 6. The lowest BCUT2D eigenvalue weighted by Gasteiger charge is -2.38. The van der Waals surface area contributed by atoms with Crippen LogP contribution >= 0.6 is 11.6 Å². The van der Waals surface area contributed by atoms with Crippen LogP contribution in [0.25, 0.3) is 0 Å². The fourth-order valence-electron chi connectivity index (χ4n) is 3.99. The minimum absolute atomic E-state index is 0.0938. The molecule has 162 valence electrons. The number of rotatable bonds is 6. The number of amides is 2. The summed E-state index contributed by atoms with van der Waals surface area (Å²) in [5.74, 6) is 0.293. The molecule has 2 heterocycles. The Morgan fingerprint density at radius 3 is 2.73 bits per heavy atom. The molecule has 1 aromatic rings. The van der Waals surface area contributed by atoms with Gasteiger partial charge in [-0.1, -0.05) is 11.6 Å². The molecular weight excluding hydrogens is 407 g/mol. The number of carbonyl (C=O) groups is 2. The lowest BCUT2D eigenvalue weighted by molar-refractivity contribution is -0.0329. The molecule has 30 heavy (non-hydrogen) atoms. The van der Waals surface area contributed by atoms with Gasteiger partial charge in [0.25, 0.3) is 5.91 Å². The lowest BCUT2D eigenvalue weighted by Crippen LogP contribution is -2.49. The molecule has 3 rings (SSSR count). The molecule has 8 nitrogen and oxygen atoms in total. The molecule has 0 saturated carbocycles. The molecule has 1 atom stereocenters. The molecule has 2 aliphatic heterocycles. The molecule has 0 aromatic heterocycles. The minimum Gasteiger partial charge on any atom is -0.496 e. The van der Waals surface area contributed by atoms with Crippen molar-refractivity contribution in [3.63, 3.8) is 0 Å². The molecule has 1 aromatic carbocycles. The lowest BCUT2D eigenvalue weighted by atomic mass is 9.94. The summed E-state index contributed by atoms with van der Waals surface area (Å²) >= 11 is 6.05. The largest absolute Gasteiger partial charge is 0.496 e. The van der Waals surface area contributed by atoms with Crippen LogP contribution in [0.5, 0.6) is 5.75 Å². The number of benzene rings is 1. The first kappa shape index (κ1) is 22.7. The second-order valence-electron chi connectivity index (χ2n) is 7.81. The number of nitrogens with one attached hydrogen (secondary N) is 1. The van der Waals surface area contributed by atoms with E-state index in [4.69, 9.17) is 34.7 Å². The van der Waals surface area contributed by atoms with E-state index >= 15 is 0 Å². The SMILES string of the molecule is [B]C(=O)N1CCC(CN2CCO[C@@H](CNC(=O)c3cc(Cl)c(N)cc3OC)C2)CC1. The van der Waals surface area contributed by atoms with Crippen molar-refractivity contribution in [2.45, 2.75) is 18.9 Å². The monoisotopic (exact) mass is 434 g/mol. The van der Waals surface area contributed by atoms with Crippen molar-refractivity contribution in [3.8, 4) is 5.75 Å². The number of piperidine rings is 1. The Morgan fingerprint density at radius 1 is 1.33 bits per heavy atom. The van der Waals surface area contributed by atoms with Crippen molar-refractivity contribution >= 4 is 36.8 Å². The van der Waals surface area contributed by atoms with E-state index in [-0.39, 0.29) is 17.8 Å². The highest BCUT2D eigenvalue weighted by atomic mass is 35.5. The van der Waals surface area contributed by atoms with E-state index in [1.165, 1.54) is 13.2 Å². The quantitative estimate of drug-likeness (QED) is 0.518. The highest BCUT2D eigenvalue weighted by Crippen LogP contribution is 2.28. The maximum absolute atomic E-state index is 12.6. The van der Waals surface area contributed by atoms with Crippen LogP contribution in [0, 0.1) is 5.92 Å². The van der Waals surface area contributed by atoms with E-state index in [1.54, 1.807) is 11.0 Å². The smallest absolute Gasteiger partial charge is 0.255 e. The zero-order valence-corrected chi connectivity index (χ0v) is 18.0. The van der Waals surface area contributed by atoms with E-state index in [9.17, 15) is 9.59 Å². The zero-order valence-electron chi connectivity index (χ0n) is 17.2. The number of halogens is 1. The molecule has 2 fully saturated rings. The maximum atomic E-state index is 12.6. The second-order valence-corrected chi connectivity index (χ2v) is 8.21. The number of hydrogen-bond donors (Lipinski definition) is 2. The van der Waals surface area contributed by atoms with Crippen LogP contribution in [0.15, 0.2) is 12.1 Å². The van der Waals surface area contributed by atoms with Crippen molar-refractivity contribution in [2.24, 2.45) is 5.92 Å². The molecule has 2 radical (unpaired) electrons. The summed E-state index contributed by atoms with van der Waals surface area (Å²) in [6, 6.07) is 3.05. The summed E-state index contributed by atoms with van der Waals surface area (Å²) in [6.45, 7) is 5.02. The maximum Gasteiger partial charge on any atom is 0.255 e. The average Bonchev–Trinajstić information content (AvgIpc) is 2.74. The van der Waals surface area contributed by atoms with Crippen LogP contribution in [0.1, 0.15) is 23.2 Å². The van der Waals surface area contributed by atoms with Gasteiger partial charge in [-0.25, -0.2) is 0 Å². The highest BCUT2D eigenvalue weighted by Gasteiger charge is 2.26. The molecule has 2 amide bonds. The Bertz CT molecular complexity index is 773. The number of nitrogen functional groups attached to an aromatic ring is 1. The third-order valence-electron chi connectivity index (χ3n) is 5.72. The van der Waals surface area contributed by atoms with Gasteiger partial charge in [0.2, 0.25) is 7.85 Å². The number of nitrogens with zero attached hydrogens (tertiary/aromatic N) is 2. The van der Waals surface area contributed by atoms with Crippen molar-refractivity contribution < 1.29 is 19.1 Å². The first-order valence-electron chi connectivity index (χ1n) is 10.2. The van der Waals surface area contributed by atoms with E-state index in [2.05, 4.69) is 10.2 Å². The van der Waals surface area contributed by atoms with Gasteiger partial charge in [-0.15, -0.1) is 0 Å². The number of anilines is 1. The number of methoxy groups -OCH3 is 1. The number of likely N-dealkylation sites (tertiary alicyclic amines) is 1. The van der Waals surface area contributed by atoms with Crippen molar-refractivity contribution in [1.82, 2.24) is 15.1 Å². The molecular formula is C20H28BClN4O4. The second kappa shape index (κ2) is 10.4. The zero-order chi connectivity index (χ0) is 21.7. The van der Waals surface area contributed by atoms with Crippen LogP contribution in [0.4, 0.5) is 10.5 Å². The summed E-state index contributed by atoms with van der Waals surface area (Å²) < 4.78 is 11.1. The van der Waals surface area contributed by atoms with E-state index in [0.29, 0.717) is 41.1 Å². The van der Waals surface area contributed by atoms with Crippen molar-refractivity contribution in [3.05, 3.63) is 22.7 Å². The van der Waals surface area contributed by atoms with Gasteiger partial charge in [0.15, 0.2) is 5.81 Å². The van der Waals surface area contributed by atoms with E-state index in [1.807, 2.05) is 0 Å². The molecule has 0 unspecified atom stereocenters. The standard InChI is InChI=1S/C20H28BClN4O4/c1-29-18-9-17(23)16(22)8-15(18)19(27)24-10-14-12-25(6-7-30-14)11-13-2-4-26(5-3-13)20(21)28/h8-9,13-14H,2-7,10-12,23H2,1H3,(H,24,27)/t14-/m0/s1. The van der Waals surface area contributed by atoms with Gasteiger partial charge in [-0.2, -0.15) is 0 Å². The number of morpholine rings is 1. The minimum atomic E-state index is -0.338. The van der Waals surface area contributed by atoms with Gasteiger partial charge >= 0.3 is 0 Å². The van der Waals surface area contributed by atoms with Crippen molar-refractivity contribution in [1.29, 1.82) is 0 Å². The summed E-state index contributed by atoms with van der Waals surface area (Å²) in [4.78, 5) is 27.9. The van der Waals surface area contributed by atoms with Crippen LogP contribution < -0.4 is 15.8 Å². The van der Waals surface area contributed by atoms with Crippen LogP contribution in [0.3, 0.4) is 0 Å². The Balaban J connectivity index is 1.48. The normalized spacial score (nSPS) is 20.7. The van der Waals surface area contributed by atoms with E-state index < -0.39 is 0 Å². The molecule has 0 aliphatic carbocycles. The van der Waals surface area contributed by atoms with Gasteiger partial charge in [0.05, 0.1) is 36.1 Å². The fourth-order valence-corrected chi connectivity index (χ4v) is 4.15. The van der Waals surface area contributed by atoms with Crippen LogP contribution in [-0.4, -0.2) is 88.4 Å². The van der Waals surface area contributed by atoms with Crippen LogP contribution in [-0.2, 0) is 4.74 Å². The summed E-state index contributed by atoms with van der Waals surface area (Å²) in [5, 5.41) is 3.21. The number of nitrogens with two attached hydrogens (primary N) is 1. The summed E-state index contributed by atoms with van der Waals surface area (Å²) in [7, 11) is 6.83. The molecule has 0 spiro atoms. The van der Waals surface area contributed by atoms with E-state index in [0.717, 1.165) is 45.6 Å².